The minimum Gasteiger partial charge on any atom is -0.378 e. The molecular weight excluding hydrogens is 231 g/mol. The van der Waals surface area contributed by atoms with Gasteiger partial charge in [-0.25, -0.2) is 0 Å². The lowest BCUT2D eigenvalue weighted by molar-refractivity contribution is 0.933. The van der Waals surface area contributed by atoms with Gasteiger partial charge in [0.25, 0.3) is 7.55 Å². The largest absolute Gasteiger partial charge is 0.378 e. The van der Waals surface area contributed by atoms with E-state index in [2.05, 4.69) is 75.5 Å². The first-order chi connectivity index (χ1) is 6.34. The Bertz CT molecular complexity index is 189. The van der Waals surface area contributed by atoms with Gasteiger partial charge in [-0.05, 0) is 0 Å². The first kappa shape index (κ1) is 15.6. The van der Waals surface area contributed by atoms with Gasteiger partial charge >= 0.3 is 0 Å². The summed E-state index contributed by atoms with van der Waals surface area (Å²) in [5, 5.41) is 0. The summed E-state index contributed by atoms with van der Waals surface area (Å²) >= 11 is 0. The van der Waals surface area contributed by atoms with Gasteiger partial charge in [0, 0.05) is 0 Å². The normalized spacial score (nSPS) is 14.5. The summed E-state index contributed by atoms with van der Waals surface area (Å²) in [6, 6.07) is 0. The van der Waals surface area contributed by atoms with Crippen molar-refractivity contribution in [2.45, 2.75) is 58.9 Å². The van der Waals surface area contributed by atoms with Crippen LogP contribution in [0.25, 0.3) is 0 Å². The zero-order valence-corrected chi connectivity index (χ0v) is 15.0. The van der Waals surface area contributed by atoms with E-state index in [1.54, 1.807) is 0 Å². The van der Waals surface area contributed by atoms with Crippen LogP contribution >= 0.6 is 0 Å². The van der Waals surface area contributed by atoms with E-state index in [-0.39, 0.29) is 0 Å². The molecule has 0 aromatic heterocycles. The van der Waals surface area contributed by atoms with Gasteiger partial charge < -0.3 is 9.04 Å². The van der Waals surface area contributed by atoms with Gasteiger partial charge in [-0.15, -0.1) is 0 Å². The van der Waals surface area contributed by atoms with Crippen LogP contribution in [0.1, 0.15) is 0 Å². The van der Waals surface area contributed by atoms with Crippen LogP contribution in [0.2, 0.25) is 58.9 Å². The lowest BCUT2D eigenvalue weighted by Gasteiger charge is -2.44. The predicted molar refractivity (Wildman–Crippen MR) is 80.8 cm³/mol. The predicted octanol–water partition coefficient (Wildman–Crippen LogP) is 2.92. The molecule has 0 bridgehead atoms. The maximum Gasteiger partial charge on any atom is 0.287 e. The molecule has 0 saturated carbocycles. The molecule has 0 aromatic rings. The molecular formula is C9H28BN2Si3. The Kier molecular flexibility index (Phi) is 5.08. The lowest BCUT2D eigenvalue weighted by Crippen LogP contribution is -2.66. The average Bonchev–Trinajstić information content (AvgIpc) is 1.75. The van der Waals surface area contributed by atoms with Gasteiger partial charge in [0.2, 0.25) is 0 Å². The van der Waals surface area contributed by atoms with Crippen molar-refractivity contribution in [2.75, 3.05) is 0 Å². The highest BCUT2D eigenvalue weighted by molar-refractivity contribution is 6.97. The quantitative estimate of drug-likeness (QED) is 0.764. The van der Waals surface area contributed by atoms with E-state index in [0.29, 0.717) is 0 Å². The molecule has 0 rings (SSSR count). The minimum atomic E-state index is -1.22. The van der Waals surface area contributed by atoms with Crippen LogP contribution in [0.4, 0.5) is 0 Å². The third-order valence-corrected chi connectivity index (χ3v) is 10.2. The molecule has 1 N–H and O–H groups in total. The number of hydrogen-bond donors (Lipinski definition) is 1. The number of nitrogens with one attached hydrogen (secondary N) is 1. The molecule has 0 aromatic carbocycles. The molecule has 0 fully saturated rings. The summed E-state index contributed by atoms with van der Waals surface area (Å²) < 4.78 is 2.68. The van der Waals surface area contributed by atoms with Crippen LogP contribution in [-0.4, -0.2) is 36.4 Å². The molecule has 2 nitrogen and oxygen atoms in total. The third kappa shape index (κ3) is 6.73. The van der Waals surface area contributed by atoms with Gasteiger partial charge in [-0.2, -0.15) is 0 Å². The summed E-state index contributed by atoms with van der Waals surface area (Å²) in [6.07, 6.45) is 0. The Morgan fingerprint density at radius 1 is 0.733 bits per heavy atom. The highest BCUT2D eigenvalue weighted by Crippen LogP contribution is 2.17. The molecule has 0 atom stereocenters. The van der Waals surface area contributed by atoms with Crippen molar-refractivity contribution in [2.24, 2.45) is 0 Å². The van der Waals surface area contributed by atoms with Gasteiger partial charge in [0.1, 0.15) is 24.7 Å². The molecule has 1 radical (unpaired) electrons. The van der Waals surface area contributed by atoms with Crippen LogP contribution < -0.4 is 4.89 Å². The van der Waals surface area contributed by atoms with E-state index in [9.17, 15) is 0 Å². The van der Waals surface area contributed by atoms with Gasteiger partial charge in [-0.3, -0.25) is 0 Å². The van der Waals surface area contributed by atoms with Gasteiger partial charge in [0.15, 0.2) is 0 Å². The molecule has 0 amide bonds. The molecule has 0 saturated heterocycles. The second kappa shape index (κ2) is 4.87. The van der Waals surface area contributed by atoms with Crippen LogP contribution in [0.5, 0.6) is 0 Å². The Morgan fingerprint density at radius 2 is 1.07 bits per heavy atom. The minimum absolute atomic E-state index is 1.18. The van der Waals surface area contributed by atoms with E-state index in [4.69, 9.17) is 0 Å². The van der Waals surface area contributed by atoms with Crippen LogP contribution in [0, 0.1) is 0 Å². The smallest absolute Gasteiger partial charge is 0.287 e. The monoisotopic (exact) mass is 259 g/mol. The summed E-state index contributed by atoms with van der Waals surface area (Å²) in [5.41, 5.74) is 0. The topological polar surface area (TPSA) is 15.3 Å². The van der Waals surface area contributed by atoms with Crippen molar-refractivity contribution in [1.29, 1.82) is 0 Å². The molecule has 0 aliphatic rings. The zero-order chi connectivity index (χ0) is 12.5. The average molecular weight is 259 g/mol. The zero-order valence-electron chi connectivity index (χ0n) is 12.0. The van der Waals surface area contributed by atoms with E-state index in [1.807, 2.05) is 0 Å². The molecule has 15 heavy (non-hydrogen) atoms. The van der Waals surface area contributed by atoms with E-state index < -0.39 is 24.7 Å². The molecule has 89 valence electrons. The first-order valence-corrected chi connectivity index (χ1v) is 16.1. The number of rotatable bonds is 5. The standard InChI is InChI=1S/C9H28BN2Si3/c1-13(2,3)11-10-12(14(4,5)6)15(7,8)9/h11H,1-9H3. The molecule has 0 aliphatic heterocycles. The Hall–Kier alpha value is 0.636. The fourth-order valence-corrected chi connectivity index (χ4v) is 11.4. The summed E-state index contributed by atoms with van der Waals surface area (Å²) in [7, 11) is -1.32. The second-order valence-corrected chi connectivity index (χ2v) is 22.1. The van der Waals surface area contributed by atoms with Gasteiger partial charge in [0.05, 0.1) is 0 Å². The first-order valence-electron chi connectivity index (χ1n) is 5.74. The lowest BCUT2D eigenvalue weighted by atomic mass is 10.3. The summed E-state index contributed by atoms with van der Waals surface area (Å²) in [5.74, 6) is 0. The van der Waals surface area contributed by atoms with Crippen LogP contribution in [-0.2, 0) is 0 Å². The van der Waals surface area contributed by atoms with Crippen molar-refractivity contribution in [3.05, 3.63) is 0 Å². The third-order valence-electron chi connectivity index (χ3n) is 2.07. The molecule has 0 spiro atoms. The van der Waals surface area contributed by atoms with Crippen molar-refractivity contribution in [3.63, 3.8) is 0 Å². The van der Waals surface area contributed by atoms with Crippen LogP contribution in [0.3, 0.4) is 0 Å². The molecule has 0 heterocycles. The Labute approximate surface area is 100 Å². The van der Waals surface area contributed by atoms with Crippen molar-refractivity contribution in [1.82, 2.24) is 9.04 Å². The Morgan fingerprint density at radius 3 is 1.27 bits per heavy atom. The molecule has 0 aliphatic carbocycles. The number of hydrogen-bond acceptors (Lipinski definition) is 2. The fourth-order valence-electron chi connectivity index (χ4n) is 1.65. The van der Waals surface area contributed by atoms with Gasteiger partial charge in [-0.1, -0.05) is 58.9 Å². The highest BCUT2D eigenvalue weighted by atomic mass is 28.4. The summed E-state index contributed by atoms with van der Waals surface area (Å²) in [4.78, 5) is 3.64. The van der Waals surface area contributed by atoms with E-state index >= 15 is 0 Å². The Balaban J connectivity index is 4.56. The van der Waals surface area contributed by atoms with Crippen molar-refractivity contribution in [3.8, 4) is 0 Å². The van der Waals surface area contributed by atoms with Crippen LogP contribution in [0.15, 0.2) is 0 Å². The summed E-state index contributed by atoms with van der Waals surface area (Å²) in [6.45, 7) is 21.6. The molecule has 0 unspecified atom stereocenters. The molecule has 6 heteroatoms. The van der Waals surface area contributed by atoms with E-state index in [1.165, 1.54) is 0 Å². The van der Waals surface area contributed by atoms with Crippen molar-refractivity contribution >= 4 is 32.3 Å². The highest BCUT2D eigenvalue weighted by Gasteiger charge is 2.35. The van der Waals surface area contributed by atoms with E-state index in [0.717, 1.165) is 0 Å². The maximum atomic E-state index is 3.64. The maximum absolute atomic E-state index is 3.64. The second-order valence-electron chi connectivity index (χ2n) is 7.24. The van der Waals surface area contributed by atoms with Crippen molar-refractivity contribution < 1.29 is 0 Å². The SMILES string of the molecule is C[Si](C)(C)N[B]N([Si](C)(C)C)[Si](C)(C)C. The number of nitrogens with zero attached hydrogens (tertiary/aromatic N) is 1. The fraction of sp³-hybridized carbons (Fsp3) is 1.00.